The number of anilines is 1. The Morgan fingerprint density at radius 3 is 2.63 bits per heavy atom. The van der Waals surface area contributed by atoms with Gasteiger partial charge in [-0.3, -0.25) is 10.1 Å². The molecule has 0 aliphatic carbocycles. The smallest absolute Gasteiger partial charge is 0.248 e. The van der Waals surface area contributed by atoms with E-state index in [4.69, 9.17) is 23.2 Å². The van der Waals surface area contributed by atoms with Crippen LogP contribution in [0.3, 0.4) is 0 Å². The molecule has 176 valence electrons. The molecule has 0 saturated heterocycles. The van der Waals surface area contributed by atoms with E-state index < -0.39 is 0 Å². The van der Waals surface area contributed by atoms with Crippen molar-refractivity contribution < 1.29 is 9.18 Å². The molecule has 1 N–H and O–H groups in total. The van der Waals surface area contributed by atoms with Gasteiger partial charge in [0.1, 0.15) is 18.7 Å². The fourth-order valence-corrected chi connectivity index (χ4v) is 4.28. The van der Waals surface area contributed by atoms with Gasteiger partial charge >= 0.3 is 0 Å². The second kappa shape index (κ2) is 9.44. The highest BCUT2D eigenvalue weighted by Gasteiger charge is 2.17. The predicted molar refractivity (Wildman–Crippen MR) is 132 cm³/mol. The molecule has 0 aliphatic heterocycles. The van der Waals surface area contributed by atoms with Crippen molar-refractivity contribution in [2.45, 2.75) is 20.0 Å². The van der Waals surface area contributed by atoms with Gasteiger partial charge in [-0.15, -0.1) is 5.10 Å². The molecule has 0 aliphatic rings. The molecule has 35 heavy (non-hydrogen) atoms. The van der Waals surface area contributed by atoms with Crippen molar-refractivity contribution in [1.82, 2.24) is 29.5 Å². The van der Waals surface area contributed by atoms with Gasteiger partial charge in [-0.25, -0.2) is 23.7 Å². The number of fused-ring (bicyclic) bond motifs is 1. The minimum atomic E-state index is -0.356. The average molecular weight is 510 g/mol. The standard InChI is InChI=1S/C24H18Cl2FN7O/c1-14-22-19(15-3-6-18(27)7-4-15)8-9-28-23(22)34(31-14)12-21(35)30-24-29-13-33(32-24)11-16-2-5-17(25)10-20(16)26/h2-10,13H,11-12H2,1H3,(H,30,32,35). The van der Waals surface area contributed by atoms with E-state index in [2.05, 4.69) is 25.5 Å². The van der Waals surface area contributed by atoms with E-state index in [1.165, 1.54) is 23.1 Å². The van der Waals surface area contributed by atoms with Gasteiger partial charge in [0, 0.05) is 21.6 Å². The van der Waals surface area contributed by atoms with E-state index in [1.807, 2.05) is 19.1 Å². The van der Waals surface area contributed by atoms with Crippen molar-refractivity contribution in [2.75, 3.05) is 5.32 Å². The normalized spacial score (nSPS) is 11.2. The molecule has 1 amide bonds. The van der Waals surface area contributed by atoms with Crippen molar-refractivity contribution in [3.8, 4) is 11.1 Å². The summed E-state index contributed by atoms with van der Waals surface area (Å²) in [6, 6.07) is 13.3. The molecule has 0 saturated carbocycles. The monoisotopic (exact) mass is 509 g/mol. The van der Waals surface area contributed by atoms with Gasteiger partial charge in [-0.1, -0.05) is 41.4 Å². The van der Waals surface area contributed by atoms with Crippen LogP contribution in [0, 0.1) is 12.7 Å². The first-order valence-corrected chi connectivity index (χ1v) is 11.3. The van der Waals surface area contributed by atoms with Gasteiger partial charge in [0.2, 0.25) is 11.9 Å². The highest BCUT2D eigenvalue weighted by atomic mass is 35.5. The number of nitrogens with zero attached hydrogens (tertiary/aromatic N) is 6. The fraction of sp³-hybridized carbons (Fsp3) is 0.125. The summed E-state index contributed by atoms with van der Waals surface area (Å²) in [6.45, 7) is 2.14. The van der Waals surface area contributed by atoms with Gasteiger partial charge in [0.25, 0.3) is 0 Å². The van der Waals surface area contributed by atoms with E-state index in [-0.39, 0.29) is 24.2 Å². The van der Waals surface area contributed by atoms with Crippen molar-refractivity contribution in [3.63, 3.8) is 0 Å². The van der Waals surface area contributed by atoms with Crippen molar-refractivity contribution >= 4 is 46.1 Å². The molecule has 5 rings (SSSR count). The Balaban J connectivity index is 1.32. The Bertz CT molecular complexity index is 1550. The first-order chi connectivity index (χ1) is 16.9. The fourth-order valence-electron chi connectivity index (χ4n) is 3.81. The summed E-state index contributed by atoms with van der Waals surface area (Å²) in [5, 5.41) is 13.3. The van der Waals surface area contributed by atoms with Crippen molar-refractivity contribution in [3.05, 3.63) is 88.2 Å². The summed E-state index contributed by atoms with van der Waals surface area (Å²) in [5.41, 5.74) is 3.78. The average Bonchev–Trinajstić information content (AvgIpc) is 3.40. The topological polar surface area (TPSA) is 90.5 Å². The lowest BCUT2D eigenvalue weighted by Gasteiger charge is -2.06. The summed E-state index contributed by atoms with van der Waals surface area (Å²) in [6.07, 6.45) is 3.15. The summed E-state index contributed by atoms with van der Waals surface area (Å²) in [5.74, 6) is -0.505. The Morgan fingerprint density at radius 1 is 1.06 bits per heavy atom. The molecule has 0 atom stereocenters. The highest BCUT2D eigenvalue weighted by Crippen LogP contribution is 2.30. The number of carbonyl (C=O) groups excluding carboxylic acids is 1. The third-order valence-corrected chi connectivity index (χ3v) is 5.98. The first kappa shape index (κ1) is 22.9. The van der Waals surface area contributed by atoms with Crippen molar-refractivity contribution in [1.29, 1.82) is 0 Å². The molecule has 0 spiro atoms. The molecule has 0 unspecified atom stereocenters. The predicted octanol–water partition coefficient (Wildman–Crippen LogP) is 5.13. The van der Waals surface area contributed by atoms with Crippen LogP contribution in [0.1, 0.15) is 11.3 Å². The summed E-state index contributed by atoms with van der Waals surface area (Å²) >= 11 is 12.2. The van der Waals surface area contributed by atoms with Crippen LogP contribution in [0.15, 0.2) is 61.1 Å². The number of rotatable bonds is 6. The lowest BCUT2D eigenvalue weighted by atomic mass is 10.0. The quantitative estimate of drug-likeness (QED) is 0.342. The van der Waals surface area contributed by atoms with Crippen LogP contribution in [0.5, 0.6) is 0 Å². The molecule has 0 bridgehead atoms. The maximum Gasteiger partial charge on any atom is 0.248 e. The van der Waals surface area contributed by atoms with Crippen LogP contribution in [0.2, 0.25) is 10.0 Å². The molecule has 8 nitrogen and oxygen atoms in total. The number of aryl methyl sites for hydroxylation is 1. The number of hydrogen-bond donors (Lipinski definition) is 1. The van der Waals surface area contributed by atoms with Crippen molar-refractivity contribution in [2.24, 2.45) is 0 Å². The Kier molecular flexibility index (Phi) is 6.19. The molecule has 11 heteroatoms. The van der Waals surface area contributed by atoms with E-state index in [0.717, 1.165) is 22.1 Å². The Morgan fingerprint density at radius 2 is 1.86 bits per heavy atom. The zero-order valence-corrected chi connectivity index (χ0v) is 19.9. The number of amides is 1. The van der Waals surface area contributed by atoms with Crippen LogP contribution >= 0.6 is 23.2 Å². The lowest BCUT2D eigenvalue weighted by Crippen LogP contribution is -2.20. The largest absolute Gasteiger partial charge is 0.292 e. The summed E-state index contributed by atoms with van der Waals surface area (Å²) < 4.78 is 16.5. The maximum atomic E-state index is 13.4. The van der Waals surface area contributed by atoms with Crippen LogP contribution in [-0.4, -0.2) is 35.4 Å². The molecular formula is C24H18Cl2FN7O. The Labute approximate surface area is 209 Å². The number of pyridine rings is 1. The molecule has 2 aromatic carbocycles. The van der Waals surface area contributed by atoms with E-state index in [0.29, 0.717) is 27.9 Å². The van der Waals surface area contributed by atoms with Gasteiger partial charge in [-0.05, 0) is 53.9 Å². The lowest BCUT2D eigenvalue weighted by molar-refractivity contribution is -0.116. The minimum Gasteiger partial charge on any atom is -0.292 e. The Hall–Kier alpha value is -3.82. The zero-order valence-electron chi connectivity index (χ0n) is 18.4. The SMILES string of the molecule is Cc1nn(CC(=O)Nc2ncn(Cc3ccc(Cl)cc3Cl)n2)c2nccc(-c3ccc(F)cc3)c12. The van der Waals surface area contributed by atoms with Crippen LogP contribution < -0.4 is 5.32 Å². The molecule has 5 aromatic rings. The number of benzene rings is 2. The minimum absolute atomic E-state index is 0.0816. The number of nitrogens with one attached hydrogen (secondary N) is 1. The maximum absolute atomic E-state index is 13.4. The molecule has 3 heterocycles. The highest BCUT2D eigenvalue weighted by molar-refractivity contribution is 6.35. The molecule has 0 fully saturated rings. The van der Waals surface area contributed by atoms with Crippen LogP contribution in [0.4, 0.5) is 10.3 Å². The number of hydrogen-bond acceptors (Lipinski definition) is 5. The second-order valence-corrected chi connectivity index (χ2v) is 8.70. The third-order valence-electron chi connectivity index (χ3n) is 5.39. The summed E-state index contributed by atoms with van der Waals surface area (Å²) in [7, 11) is 0. The van der Waals surface area contributed by atoms with E-state index in [9.17, 15) is 9.18 Å². The number of carbonyl (C=O) groups is 1. The number of halogens is 3. The van der Waals surface area contributed by atoms with Crippen LogP contribution in [0.25, 0.3) is 22.2 Å². The first-order valence-electron chi connectivity index (χ1n) is 10.6. The molecular weight excluding hydrogens is 492 g/mol. The van der Waals surface area contributed by atoms with E-state index in [1.54, 1.807) is 35.1 Å². The number of aromatic nitrogens is 6. The van der Waals surface area contributed by atoms with Gasteiger partial charge in [-0.2, -0.15) is 5.10 Å². The molecule has 3 aromatic heterocycles. The third kappa shape index (κ3) is 4.87. The summed E-state index contributed by atoms with van der Waals surface area (Å²) in [4.78, 5) is 21.3. The van der Waals surface area contributed by atoms with Gasteiger partial charge in [0.05, 0.1) is 12.2 Å². The second-order valence-electron chi connectivity index (χ2n) is 7.86. The van der Waals surface area contributed by atoms with Gasteiger partial charge in [0.15, 0.2) is 5.65 Å². The zero-order chi connectivity index (χ0) is 24.5. The van der Waals surface area contributed by atoms with Crippen LogP contribution in [-0.2, 0) is 17.9 Å². The molecule has 0 radical (unpaired) electrons. The van der Waals surface area contributed by atoms with E-state index >= 15 is 0 Å². The van der Waals surface area contributed by atoms with Gasteiger partial charge < -0.3 is 0 Å².